The molecule has 0 spiro atoms. The zero-order chi connectivity index (χ0) is 9.14. The van der Waals surface area contributed by atoms with E-state index in [2.05, 4.69) is 22.6 Å². The zero-order valence-electron chi connectivity index (χ0n) is 6.83. The first-order valence-electron chi connectivity index (χ1n) is 3.55. The number of halogens is 2. The molecular formula is C8H11BrINO2. The summed E-state index contributed by atoms with van der Waals surface area (Å²) in [5.41, 5.74) is 6.34. The molecule has 4 N–H and O–H groups in total. The number of phenolic OH excluding ortho intramolecular Hbond substituents is 2. The first-order chi connectivity index (χ1) is 5.65. The molecular weight excluding hydrogens is 353 g/mol. The maximum absolute atomic E-state index is 9.16. The molecule has 1 aromatic rings. The summed E-state index contributed by atoms with van der Waals surface area (Å²) in [6.07, 6.45) is 0.714. The minimum Gasteiger partial charge on any atom is -0.504 e. The van der Waals surface area contributed by atoms with Gasteiger partial charge < -0.3 is 15.9 Å². The van der Waals surface area contributed by atoms with E-state index in [1.165, 1.54) is 6.07 Å². The van der Waals surface area contributed by atoms with Crippen LogP contribution in [0.5, 0.6) is 11.5 Å². The van der Waals surface area contributed by atoms with Crippen molar-refractivity contribution in [3.05, 3.63) is 21.3 Å². The molecule has 0 fully saturated rings. The monoisotopic (exact) mass is 363 g/mol. The molecule has 0 bridgehead atoms. The Kier molecular flexibility index (Phi) is 5.66. The van der Waals surface area contributed by atoms with Gasteiger partial charge in [-0.05, 0) is 53.3 Å². The van der Waals surface area contributed by atoms with Gasteiger partial charge in [0.2, 0.25) is 0 Å². The number of nitrogens with two attached hydrogens (primary N) is 1. The summed E-state index contributed by atoms with van der Waals surface area (Å²) in [5.74, 6) is -0.168. The lowest BCUT2D eigenvalue weighted by Crippen LogP contribution is -2.03. The minimum absolute atomic E-state index is 0. The van der Waals surface area contributed by atoms with Gasteiger partial charge >= 0.3 is 0 Å². The second-order valence-corrected chi connectivity index (χ2v) is 3.63. The lowest BCUT2D eigenvalue weighted by molar-refractivity contribution is 0.402. The first kappa shape index (κ1) is 13.0. The van der Waals surface area contributed by atoms with E-state index < -0.39 is 0 Å². The Bertz CT molecular complexity index is 294. The average molecular weight is 364 g/mol. The van der Waals surface area contributed by atoms with E-state index in [-0.39, 0.29) is 28.5 Å². The predicted octanol–water partition coefficient (Wildman–Crippen LogP) is 1.78. The van der Waals surface area contributed by atoms with Gasteiger partial charge in [-0.3, -0.25) is 0 Å². The van der Waals surface area contributed by atoms with Gasteiger partial charge in [-0.1, -0.05) is 0 Å². The second kappa shape index (κ2) is 5.66. The van der Waals surface area contributed by atoms with E-state index in [1.807, 2.05) is 0 Å². The van der Waals surface area contributed by atoms with Crippen molar-refractivity contribution in [1.82, 2.24) is 0 Å². The highest BCUT2D eigenvalue weighted by Crippen LogP contribution is 2.29. The van der Waals surface area contributed by atoms with Crippen LogP contribution in [0.3, 0.4) is 0 Å². The van der Waals surface area contributed by atoms with E-state index in [0.29, 0.717) is 13.0 Å². The summed E-state index contributed by atoms with van der Waals surface area (Å²) in [6.45, 7) is 0.542. The van der Waals surface area contributed by atoms with Crippen molar-refractivity contribution in [3.63, 3.8) is 0 Å². The number of hydrogen-bond acceptors (Lipinski definition) is 3. The SMILES string of the molecule is Br.NCCc1cc(O)c(O)cc1[131I]. The molecule has 0 aliphatic heterocycles. The third kappa shape index (κ3) is 3.32. The molecule has 1 rings (SSSR count). The summed E-state index contributed by atoms with van der Waals surface area (Å²) in [6, 6.07) is 3.07. The molecule has 0 aromatic heterocycles. The highest BCUT2D eigenvalue weighted by molar-refractivity contribution is 14.1. The molecule has 0 heterocycles. The van der Waals surface area contributed by atoms with E-state index in [4.69, 9.17) is 15.9 Å². The molecule has 0 radical (unpaired) electrons. The van der Waals surface area contributed by atoms with Gasteiger partial charge in [0.1, 0.15) is 0 Å². The lowest BCUT2D eigenvalue weighted by Gasteiger charge is -2.04. The molecule has 0 aliphatic rings. The van der Waals surface area contributed by atoms with E-state index in [0.717, 1.165) is 9.13 Å². The minimum atomic E-state index is -0.0844. The van der Waals surface area contributed by atoms with Crippen LogP contribution in [0.1, 0.15) is 5.56 Å². The normalized spacial score (nSPS) is 9.38. The fourth-order valence-corrected chi connectivity index (χ4v) is 1.66. The van der Waals surface area contributed by atoms with Crippen molar-refractivity contribution in [2.24, 2.45) is 5.73 Å². The van der Waals surface area contributed by atoms with Crippen LogP contribution in [-0.4, -0.2) is 16.8 Å². The number of phenols is 2. The van der Waals surface area contributed by atoms with Gasteiger partial charge in [0, 0.05) is 3.57 Å². The molecule has 0 aliphatic carbocycles. The van der Waals surface area contributed by atoms with Crippen molar-refractivity contribution in [1.29, 1.82) is 0 Å². The van der Waals surface area contributed by atoms with Crippen molar-refractivity contribution in [3.8, 4) is 11.5 Å². The van der Waals surface area contributed by atoms with Crippen LogP contribution in [0, 0.1) is 3.57 Å². The third-order valence-corrected chi connectivity index (χ3v) is 2.56. The fourth-order valence-electron chi connectivity index (χ4n) is 0.942. The van der Waals surface area contributed by atoms with E-state index >= 15 is 0 Å². The van der Waals surface area contributed by atoms with Gasteiger partial charge in [-0.2, -0.15) is 0 Å². The standard InChI is InChI=1S/C8H10INO2.BrH/c9-6-4-8(12)7(11)3-5(6)1-2-10;/h3-4,11-12H,1-2,10H2;1H/i9+4;. The largest absolute Gasteiger partial charge is 0.504 e. The van der Waals surface area contributed by atoms with Crippen LogP contribution in [0.15, 0.2) is 12.1 Å². The van der Waals surface area contributed by atoms with E-state index in [1.54, 1.807) is 6.07 Å². The van der Waals surface area contributed by atoms with Gasteiger partial charge in [0.25, 0.3) is 0 Å². The van der Waals surface area contributed by atoms with Crippen LogP contribution in [0.2, 0.25) is 0 Å². The van der Waals surface area contributed by atoms with Gasteiger partial charge in [0.05, 0.1) is 0 Å². The summed E-state index contributed by atoms with van der Waals surface area (Å²) in [7, 11) is 0. The Morgan fingerprint density at radius 1 is 1.23 bits per heavy atom. The van der Waals surface area contributed by atoms with E-state index in [9.17, 15) is 0 Å². The molecule has 0 amide bonds. The van der Waals surface area contributed by atoms with Crippen molar-refractivity contribution < 1.29 is 10.2 Å². The van der Waals surface area contributed by atoms with Crippen LogP contribution < -0.4 is 5.73 Å². The number of benzene rings is 1. The van der Waals surface area contributed by atoms with Crippen LogP contribution in [0.4, 0.5) is 0 Å². The van der Waals surface area contributed by atoms with Crippen molar-refractivity contribution in [2.75, 3.05) is 6.54 Å². The van der Waals surface area contributed by atoms with Gasteiger partial charge in [0.15, 0.2) is 11.5 Å². The maximum atomic E-state index is 9.16. The molecule has 3 nitrogen and oxygen atoms in total. The molecule has 0 saturated carbocycles. The fraction of sp³-hybridized carbons (Fsp3) is 0.250. The van der Waals surface area contributed by atoms with Gasteiger partial charge in [-0.25, -0.2) is 0 Å². The Labute approximate surface area is 101 Å². The summed E-state index contributed by atoms with van der Waals surface area (Å²) in [5, 5.41) is 18.3. The highest BCUT2D eigenvalue weighted by Gasteiger charge is 2.05. The molecule has 1 aromatic carbocycles. The number of aromatic hydroxyl groups is 2. The molecule has 5 heteroatoms. The van der Waals surface area contributed by atoms with Crippen molar-refractivity contribution >= 4 is 39.6 Å². The number of rotatable bonds is 2. The quantitative estimate of drug-likeness (QED) is 0.554. The maximum Gasteiger partial charge on any atom is 0.158 e. The molecule has 74 valence electrons. The molecule has 0 atom stereocenters. The number of hydrogen-bond donors (Lipinski definition) is 3. The Morgan fingerprint density at radius 3 is 2.31 bits per heavy atom. The summed E-state index contributed by atoms with van der Waals surface area (Å²) < 4.78 is 0.924. The Morgan fingerprint density at radius 2 is 1.77 bits per heavy atom. The predicted molar refractivity (Wildman–Crippen MR) is 65.6 cm³/mol. The second-order valence-electron chi connectivity index (χ2n) is 2.47. The molecule has 0 unspecified atom stereocenters. The Balaban J connectivity index is 0.00000144. The third-order valence-electron chi connectivity index (χ3n) is 1.56. The smallest absolute Gasteiger partial charge is 0.158 e. The van der Waals surface area contributed by atoms with Crippen LogP contribution in [-0.2, 0) is 6.42 Å². The topological polar surface area (TPSA) is 66.5 Å². The highest BCUT2D eigenvalue weighted by atomic mass is 131. The zero-order valence-corrected chi connectivity index (χ0v) is 10.7. The Hall–Kier alpha value is -0.0100. The van der Waals surface area contributed by atoms with Gasteiger partial charge in [-0.15, -0.1) is 17.0 Å². The summed E-state index contributed by atoms with van der Waals surface area (Å²) in [4.78, 5) is 0. The summed E-state index contributed by atoms with van der Waals surface area (Å²) >= 11 is 2.10. The average Bonchev–Trinajstić information content (AvgIpc) is 2.01. The van der Waals surface area contributed by atoms with Crippen LogP contribution in [0.25, 0.3) is 0 Å². The molecule has 0 saturated heterocycles. The molecule has 13 heavy (non-hydrogen) atoms. The van der Waals surface area contributed by atoms with Crippen LogP contribution >= 0.6 is 39.6 Å². The van der Waals surface area contributed by atoms with Crippen molar-refractivity contribution in [2.45, 2.75) is 6.42 Å². The lowest BCUT2D eigenvalue weighted by atomic mass is 10.1. The first-order valence-corrected chi connectivity index (χ1v) is 4.63.